The minimum absolute atomic E-state index is 0.0310. The van der Waals surface area contributed by atoms with E-state index in [-0.39, 0.29) is 43.6 Å². The van der Waals surface area contributed by atoms with Crippen LogP contribution in [0.3, 0.4) is 0 Å². The third-order valence-corrected chi connectivity index (χ3v) is 14.9. The molecule has 0 N–H and O–H groups in total. The molecule has 2 saturated carbocycles. The number of aryl methyl sites for hydroxylation is 1. The van der Waals surface area contributed by atoms with Crippen LogP contribution < -0.4 is 14.2 Å². The fourth-order valence-electron chi connectivity index (χ4n) is 9.20. The number of benzene rings is 2. The molecule has 0 bridgehead atoms. The van der Waals surface area contributed by atoms with Crippen LogP contribution in [0.2, 0.25) is 0 Å². The van der Waals surface area contributed by atoms with Crippen LogP contribution in [0.4, 0.5) is 31.1 Å². The molecule has 3 aliphatic carbocycles. The Balaban J connectivity index is 0.936. The molecule has 1 saturated heterocycles. The largest absolute Gasteiger partial charge is 0.490 e. The average Bonchev–Trinajstić information content (AvgIpc) is 3.51. The van der Waals surface area contributed by atoms with Gasteiger partial charge < -0.3 is 28.6 Å². The minimum Gasteiger partial charge on any atom is -0.490 e. The SMILES string of the molecule is CCCN(C(=O)Oc1ccc(OCCOc2ccc3c(c2)CC[C@@H]2[C@@H]3CC[C@]3(C)[C@@H](OCCCOC(C)(C(F)(F)F)C(F)(F)F)CC[C@@H]23)cc1)C1CCSSC1. The van der Waals surface area contributed by atoms with Gasteiger partial charge in [0.1, 0.15) is 30.5 Å². The van der Waals surface area contributed by atoms with E-state index in [1.54, 1.807) is 35.1 Å². The van der Waals surface area contributed by atoms with E-state index in [0.717, 1.165) is 68.6 Å². The quantitative estimate of drug-likeness (QED) is 0.0999. The summed E-state index contributed by atoms with van der Waals surface area (Å²) in [5.41, 5.74) is -1.64. The van der Waals surface area contributed by atoms with Gasteiger partial charge in [-0.1, -0.05) is 41.5 Å². The van der Waals surface area contributed by atoms with Crippen LogP contribution in [0, 0.1) is 17.3 Å². The van der Waals surface area contributed by atoms with Crippen LogP contribution in [0.5, 0.6) is 17.2 Å². The fourth-order valence-corrected chi connectivity index (χ4v) is 11.7. The maximum atomic E-state index is 13.2. The summed E-state index contributed by atoms with van der Waals surface area (Å²) in [7, 11) is 3.65. The molecule has 2 aromatic carbocycles. The Labute approximate surface area is 333 Å². The Bertz CT molecular complexity index is 1590. The predicted molar refractivity (Wildman–Crippen MR) is 206 cm³/mol. The van der Waals surface area contributed by atoms with Crippen molar-refractivity contribution in [3.8, 4) is 17.2 Å². The first-order valence-corrected chi connectivity index (χ1v) is 22.2. The first-order chi connectivity index (χ1) is 26.6. The highest BCUT2D eigenvalue weighted by atomic mass is 33.1. The Morgan fingerprint density at radius 2 is 1.55 bits per heavy atom. The highest BCUT2D eigenvalue weighted by molar-refractivity contribution is 8.76. The van der Waals surface area contributed by atoms with E-state index in [0.29, 0.717) is 49.0 Å². The van der Waals surface area contributed by atoms with Gasteiger partial charge in [0.2, 0.25) is 0 Å². The van der Waals surface area contributed by atoms with E-state index in [1.807, 2.05) is 21.8 Å². The van der Waals surface area contributed by atoms with Crippen molar-refractivity contribution in [3.63, 3.8) is 0 Å². The van der Waals surface area contributed by atoms with Crippen molar-refractivity contribution in [2.24, 2.45) is 17.3 Å². The highest BCUT2D eigenvalue weighted by Gasteiger charge is 2.69. The standard InChI is InChI=1S/C41H53F6NO6S2/c1-4-19-48(28-17-24-55-56-26-28)37(49)54-30-9-7-29(8-10-30)50-22-23-51-31-11-13-32-27(25-31)6-12-34-33(32)16-18-38(2)35(34)14-15-36(38)52-20-5-21-53-39(3,40(42,43)44)41(45,46)47/h7-11,13,25,28,33-36H,4-6,12,14-24,26H2,1-3H3/t28?,33-,34-,35+,36+,38+/m1/s1. The molecule has 6 rings (SSSR count). The molecule has 6 atom stereocenters. The molecule has 3 fully saturated rings. The van der Waals surface area contributed by atoms with Gasteiger partial charge in [-0.2, -0.15) is 26.3 Å². The summed E-state index contributed by atoms with van der Waals surface area (Å²) >= 11 is 0. The van der Waals surface area contributed by atoms with E-state index in [2.05, 4.69) is 30.7 Å². The minimum atomic E-state index is -5.57. The molecule has 4 aliphatic rings. The van der Waals surface area contributed by atoms with Crippen LogP contribution >= 0.6 is 21.6 Å². The predicted octanol–water partition coefficient (Wildman–Crippen LogP) is 11.0. The number of hydrogen-bond donors (Lipinski definition) is 0. The molecule has 0 radical (unpaired) electrons. The van der Waals surface area contributed by atoms with Gasteiger partial charge in [-0.3, -0.25) is 0 Å². The van der Waals surface area contributed by atoms with Gasteiger partial charge in [-0.15, -0.1) is 0 Å². The Kier molecular flexibility index (Phi) is 14.0. The van der Waals surface area contributed by atoms with Crippen molar-refractivity contribution in [1.29, 1.82) is 0 Å². The van der Waals surface area contributed by atoms with Gasteiger partial charge >= 0.3 is 18.4 Å². The van der Waals surface area contributed by atoms with Gasteiger partial charge in [0, 0.05) is 30.7 Å². The summed E-state index contributed by atoms with van der Waals surface area (Å²) in [6.07, 6.45) is -4.04. The van der Waals surface area contributed by atoms with Gasteiger partial charge in [-0.05, 0) is 135 Å². The molecule has 312 valence electrons. The zero-order valence-electron chi connectivity index (χ0n) is 32.2. The third-order valence-electron chi connectivity index (χ3n) is 12.4. The lowest BCUT2D eigenvalue weighted by Gasteiger charge is -2.50. The highest BCUT2D eigenvalue weighted by Crippen LogP contribution is 2.61. The molecule has 1 amide bonds. The first-order valence-electron chi connectivity index (χ1n) is 19.7. The molecule has 56 heavy (non-hydrogen) atoms. The van der Waals surface area contributed by atoms with E-state index in [1.165, 1.54) is 11.1 Å². The number of amides is 1. The third kappa shape index (κ3) is 9.52. The van der Waals surface area contributed by atoms with Crippen molar-refractivity contribution >= 4 is 27.7 Å². The molecule has 0 spiro atoms. The molecule has 7 nitrogen and oxygen atoms in total. The zero-order chi connectivity index (χ0) is 40.1. The van der Waals surface area contributed by atoms with Crippen LogP contribution in [0.1, 0.15) is 89.2 Å². The van der Waals surface area contributed by atoms with Crippen LogP contribution in [0.25, 0.3) is 0 Å². The monoisotopic (exact) mass is 833 g/mol. The summed E-state index contributed by atoms with van der Waals surface area (Å²) in [4.78, 5) is 14.8. The second kappa shape index (κ2) is 18.2. The molecule has 15 heteroatoms. The summed E-state index contributed by atoms with van der Waals surface area (Å²) < 4.78 is 107. The molecular formula is C41H53F6NO6S2. The smallest absolute Gasteiger partial charge is 0.426 e. The van der Waals surface area contributed by atoms with Crippen molar-refractivity contribution in [2.75, 3.05) is 44.5 Å². The van der Waals surface area contributed by atoms with Crippen LogP contribution in [-0.4, -0.2) is 85.6 Å². The number of alkyl halides is 6. The molecule has 1 aliphatic heterocycles. The number of ether oxygens (including phenoxy) is 5. The maximum absolute atomic E-state index is 13.2. The molecule has 2 aromatic rings. The fraction of sp³-hybridized carbons (Fsp3) is 0.683. The molecule has 1 heterocycles. The van der Waals surface area contributed by atoms with E-state index >= 15 is 0 Å². The van der Waals surface area contributed by atoms with E-state index < -0.39 is 24.6 Å². The van der Waals surface area contributed by atoms with Gasteiger partial charge in [-0.25, -0.2) is 4.79 Å². The number of rotatable bonds is 15. The maximum Gasteiger partial charge on any atom is 0.426 e. The average molecular weight is 834 g/mol. The lowest BCUT2D eigenvalue weighted by Crippen LogP contribution is -2.56. The molecular weight excluding hydrogens is 781 g/mol. The summed E-state index contributed by atoms with van der Waals surface area (Å²) in [6, 6.07) is 13.6. The Morgan fingerprint density at radius 3 is 2.23 bits per heavy atom. The lowest BCUT2D eigenvalue weighted by atomic mass is 9.55. The van der Waals surface area contributed by atoms with E-state index in [4.69, 9.17) is 18.9 Å². The molecule has 0 aromatic heterocycles. The van der Waals surface area contributed by atoms with Gasteiger partial charge in [0.15, 0.2) is 0 Å². The van der Waals surface area contributed by atoms with Crippen molar-refractivity contribution < 1.29 is 54.8 Å². The van der Waals surface area contributed by atoms with Gasteiger partial charge in [0.25, 0.3) is 5.60 Å². The topological polar surface area (TPSA) is 66.5 Å². The number of halogens is 6. The lowest BCUT2D eigenvalue weighted by molar-refractivity contribution is -0.374. The summed E-state index contributed by atoms with van der Waals surface area (Å²) in [6.45, 7) is 5.06. The number of hydrogen-bond acceptors (Lipinski definition) is 8. The molecule has 1 unspecified atom stereocenters. The number of nitrogens with zero attached hydrogens (tertiary/aromatic N) is 1. The summed E-state index contributed by atoms with van der Waals surface area (Å²) in [5, 5.41) is 0. The first kappa shape index (κ1) is 43.1. The summed E-state index contributed by atoms with van der Waals surface area (Å²) in [5.74, 6) is 5.21. The number of fused-ring (bicyclic) bond motifs is 5. The zero-order valence-corrected chi connectivity index (χ0v) is 33.9. The second-order valence-electron chi connectivity index (χ2n) is 15.8. The number of carbonyl (C=O) groups is 1. The Hall–Kier alpha value is -2.49. The Morgan fingerprint density at radius 1 is 0.857 bits per heavy atom. The van der Waals surface area contributed by atoms with Gasteiger partial charge in [0.05, 0.1) is 12.7 Å². The normalized spacial score (nSPS) is 26.5. The van der Waals surface area contributed by atoms with Crippen molar-refractivity contribution in [3.05, 3.63) is 53.6 Å². The number of carbonyl (C=O) groups excluding carboxylic acids is 1. The van der Waals surface area contributed by atoms with E-state index in [9.17, 15) is 31.1 Å². The second-order valence-corrected chi connectivity index (χ2v) is 18.4. The van der Waals surface area contributed by atoms with Crippen LogP contribution in [-0.2, 0) is 15.9 Å². The van der Waals surface area contributed by atoms with Crippen molar-refractivity contribution in [2.45, 2.75) is 115 Å². The van der Waals surface area contributed by atoms with Crippen LogP contribution in [0.15, 0.2) is 42.5 Å². The van der Waals surface area contributed by atoms with Crippen molar-refractivity contribution in [1.82, 2.24) is 4.90 Å².